The first-order chi connectivity index (χ1) is 13.0. The second-order valence-electron chi connectivity index (χ2n) is 7.82. The van der Waals surface area contributed by atoms with E-state index < -0.39 is 11.6 Å². The molecule has 1 saturated heterocycles. The molecule has 3 atom stereocenters. The van der Waals surface area contributed by atoms with Crippen LogP contribution in [0.5, 0.6) is 5.75 Å². The number of hydrogen-bond acceptors (Lipinski definition) is 3. The fraction of sp³-hybridized carbons (Fsp3) is 0.667. The van der Waals surface area contributed by atoms with Crippen LogP contribution in [0.25, 0.3) is 0 Å². The first-order valence-corrected chi connectivity index (χ1v) is 10.1. The third-order valence-electron chi connectivity index (χ3n) is 6.05. The van der Waals surface area contributed by atoms with Crippen LogP contribution in [0.4, 0.5) is 8.78 Å². The Balaban J connectivity index is 1.48. The van der Waals surface area contributed by atoms with E-state index in [0.29, 0.717) is 37.5 Å². The largest absolute Gasteiger partial charge is 0.493 e. The number of amides is 1. The molecule has 0 spiro atoms. The van der Waals surface area contributed by atoms with Gasteiger partial charge in [0.2, 0.25) is 5.91 Å². The van der Waals surface area contributed by atoms with Crippen LogP contribution < -0.4 is 10.5 Å². The van der Waals surface area contributed by atoms with Crippen LogP contribution in [-0.4, -0.2) is 37.0 Å². The maximum Gasteiger partial charge on any atom is 0.227 e. The molecule has 0 bridgehead atoms. The Kier molecular flexibility index (Phi) is 6.68. The third-order valence-corrected chi connectivity index (χ3v) is 6.05. The zero-order valence-corrected chi connectivity index (χ0v) is 16.1. The molecular weight excluding hydrogens is 350 g/mol. The minimum absolute atomic E-state index is 0.172. The summed E-state index contributed by atoms with van der Waals surface area (Å²) in [5.74, 6) is 0.564. The van der Waals surface area contributed by atoms with E-state index in [4.69, 9.17) is 10.5 Å². The van der Waals surface area contributed by atoms with Gasteiger partial charge in [-0.3, -0.25) is 4.79 Å². The summed E-state index contributed by atoms with van der Waals surface area (Å²) in [5.41, 5.74) is 5.50. The number of benzene rings is 1. The summed E-state index contributed by atoms with van der Waals surface area (Å²) in [6, 6.07) is 2.38. The van der Waals surface area contributed by atoms with Gasteiger partial charge in [-0.25, -0.2) is 8.78 Å². The van der Waals surface area contributed by atoms with Crippen molar-refractivity contribution in [3.05, 3.63) is 29.3 Å². The Morgan fingerprint density at radius 3 is 2.59 bits per heavy atom. The van der Waals surface area contributed by atoms with Crippen LogP contribution in [0.2, 0.25) is 0 Å². The van der Waals surface area contributed by atoms with Gasteiger partial charge in [0.15, 0.2) is 0 Å². The number of halogens is 2. The van der Waals surface area contributed by atoms with Crippen molar-refractivity contribution in [2.24, 2.45) is 23.5 Å². The monoisotopic (exact) mass is 380 g/mol. The number of likely N-dealkylation sites (tertiary alicyclic amines) is 1. The minimum Gasteiger partial charge on any atom is -0.493 e. The van der Waals surface area contributed by atoms with E-state index in [9.17, 15) is 13.6 Å². The quantitative estimate of drug-likeness (QED) is 0.676. The summed E-state index contributed by atoms with van der Waals surface area (Å²) in [6.07, 6.45) is 5.02. The molecular formula is C21H30F2N2O2. The van der Waals surface area contributed by atoms with Crippen LogP contribution in [0.1, 0.15) is 44.6 Å². The minimum atomic E-state index is -0.711. The van der Waals surface area contributed by atoms with Crippen molar-refractivity contribution in [3.63, 3.8) is 0 Å². The molecule has 2 aliphatic rings. The molecule has 6 heteroatoms. The van der Waals surface area contributed by atoms with Crippen molar-refractivity contribution in [2.75, 3.05) is 26.2 Å². The number of nitrogens with zero attached hydrogens (tertiary/aromatic N) is 1. The summed E-state index contributed by atoms with van der Waals surface area (Å²) < 4.78 is 34.1. The van der Waals surface area contributed by atoms with Crippen molar-refractivity contribution in [3.8, 4) is 5.75 Å². The Morgan fingerprint density at radius 2 is 2.04 bits per heavy atom. The van der Waals surface area contributed by atoms with Gasteiger partial charge in [0.1, 0.15) is 17.4 Å². The van der Waals surface area contributed by atoms with Gasteiger partial charge in [-0.15, -0.1) is 0 Å². The van der Waals surface area contributed by atoms with Gasteiger partial charge in [0.05, 0.1) is 13.0 Å². The molecule has 150 valence electrons. The van der Waals surface area contributed by atoms with Gasteiger partial charge in [-0.05, 0) is 50.0 Å². The predicted molar refractivity (Wildman–Crippen MR) is 100 cm³/mol. The SMILES string of the molecule is CCC(CCN)C1CC1CCOc1cc(F)c(CC(=O)N2CCC2)c(F)c1. The molecule has 1 heterocycles. The standard InChI is InChI=1S/C21H30F2N2O2/c1-2-14(4-6-24)17-10-15(17)5-9-27-16-11-19(22)18(20(23)12-16)13-21(26)25-7-3-8-25/h11-12,14-15,17H,2-10,13,24H2,1H3. The van der Waals surface area contributed by atoms with Crippen molar-refractivity contribution in [2.45, 2.75) is 45.4 Å². The van der Waals surface area contributed by atoms with E-state index in [-0.39, 0.29) is 23.6 Å². The zero-order valence-electron chi connectivity index (χ0n) is 16.1. The molecule has 0 radical (unpaired) electrons. The lowest BCUT2D eigenvalue weighted by molar-refractivity contribution is -0.133. The molecule has 2 N–H and O–H groups in total. The first-order valence-electron chi connectivity index (χ1n) is 10.1. The maximum absolute atomic E-state index is 14.3. The van der Waals surface area contributed by atoms with Crippen LogP contribution >= 0.6 is 0 Å². The number of carbonyl (C=O) groups excluding carboxylic acids is 1. The highest BCUT2D eigenvalue weighted by Crippen LogP contribution is 2.48. The maximum atomic E-state index is 14.3. The highest BCUT2D eigenvalue weighted by Gasteiger charge is 2.41. The highest BCUT2D eigenvalue weighted by atomic mass is 19.1. The molecule has 3 unspecified atom stereocenters. The van der Waals surface area contributed by atoms with Gasteiger partial charge in [0.25, 0.3) is 0 Å². The number of carbonyl (C=O) groups is 1. The zero-order chi connectivity index (χ0) is 19.4. The van der Waals surface area contributed by atoms with Crippen molar-refractivity contribution in [1.29, 1.82) is 0 Å². The molecule has 1 aliphatic heterocycles. The molecule has 3 rings (SSSR count). The molecule has 0 aromatic heterocycles. The van der Waals surface area contributed by atoms with Gasteiger partial charge in [-0.1, -0.05) is 13.3 Å². The molecule has 1 saturated carbocycles. The lowest BCUT2D eigenvalue weighted by Crippen LogP contribution is -2.43. The van der Waals surface area contributed by atoms with Gasteiger partial charge >= 0.3 is 0 Å². The number of hydrogen-bond donors (Lipinski definition) is 1. The predicted octanol–water partition coefficient (Wildman–Crippen LogP) is 3.52. The first kappa shape index (κ1) is 20.1. The summed E-state index contributed by atoms with van der Waals surface area (Å²) >= 11 is 0. The van der Waals surface area contributed by atoms with E-state index in [1.54, 1.807) is 4.90 Å². The van der Waals surface area contributed by atoms with E-state index >= 15 is 0 Å². The van der Waals surface area contributed by atoms with E-state index in [1.165, 1.54) is 18.6 Å². The topological polar surface area (TPSA) is 55.6 Å². The average Bonchev–Trinajstić information content (AvgIpc) is 3.33. The Morgan fingerprint density at radius 1 is 1.33 bits per heavy atom. The lowest BCUT2D eigenvalue weighted by Gasteiger charge is -2.31. The van der Waals surface area contributed by atoms with Crippen LogP contribution in [0.3, 0.4) is 0 Å². The molecule has 1 amide bonds. The van der Waals surface area contributed by atoms with Gasteiger partial charge in [-0.2, -0.15) is 0 Å². The molecule has 2 fully saturated rings. The fourth-order valence-corrected chi connectivity index (χ4v) is 4.10. The molecule has 27 heavy (non-hydrogen) atoms. The van der Waals surface area contributed by atoms with Crippen LogP contribution in [0, 0.1) is 29.4 Å². The van der Waals surface area contributed by atoms with E-state index in [2.05, 4.69) is 6.92 Å². The van der Waals surface area contributed by atoms with Crippen molar-refractivity contribution < 1.29 is 18.3 Å². The Hall–Kier alpha value is -1.69. The molecule has 1 aromatic carbocycles. The van der Waals surface area contributed by atoms with E-state index in [0.717, 1.165) is 32.2 Å². The fourth-order valence-electron chi connectivity index (χ4n) is 4.10. The number of nitrogens with two attached hydrogens (primary N) is 1. The number of rotatable bonds is 10. The third kappa shape index (κ3) is 4.98. The second-order valence-corrected chi connectivity index (χ2v) is 7.82. The van der Waals surface area contributed by atoms with Gasteiger partial charge in [0, 0.05) is 30.8 Å². The second kappa shape index (κ2) is 9.00. The smallest absolute Gasteiger partial charge is 0.227 e. The Bertz CT molecular complexity index is 641. The summed E-state index contributed by atoms with van der Waals surface area (Å²) in [6.45, 7) is 4.73. The molecule has 1 aliphatic carbocycles. The highest BCUT2D eigenvalue weighted by molar-refractivity contribution is 5.79. The van der Waals surface area contributed by atoms with Crippen LogP contribution in [0.15, 0.2) is 12.1 Å². The van der Waals surface area contributed by atoms with Crippen molar-refractivity contribution >= 4 is 5.91 Å². The summed E-state index contributed by atoms with van der Waals surface area (Å²) in [4.78, 5) is 13.6. The Labute approximate surface area is 160 Å². The van der Waals surface area contributed by atoms with Crippen LogP contribution in [-0.2, 0) is 11.2 Å². The molecule has 4 nitrogen and oxygen atoms in total. The lowest BCUT2D eigenvalue weighted by atomic mass is 9.95. The average molecular weight is 380 g/mol. The summed E-state index contributed by atoms with van der Waals surface area (Å²) in [7, 11) is 0. The number of ether oxygens (including phenoxy) is 1. The van der Waals surface area contributed by atoms with Crippen molar-refractivity contribution in [1.82, 2.24) is 4.90 Å². The molecule has 1 aromatic rings. The summed E-state index contributed by atoms with van der Waals surface area (Å²) in [5, 5.41) is 0. The normalized spacial score (nSPS) is 22.3. The van der Waals surface area contributed by atoms with E-state index in [1.807, 2.05) is 0 Å². The van der Waals surface area contributed by atoms with Gasteiger partial charge < -0.3 is 15.4 Å².